The molecule has 0 spiro atoms. The molecule has 82 valence electrons. The molecule has 2 rings (SSSR count). The van der Waals surface area contributed by atoms with E-state index in [1.807, 2.05) is 22.6 Å². The van der Waals surface area contributed by atoms with Gasteiger partial charge in [-0.15, -0.1) is 0 Å². The van der Waals surface area contributed by atoms with Crippen LogP contribution < -0.4 is 10.9 Å². The van der Waals surface area contributed by atoms with E-state index in [-0.39, 0.29) is 24.4 Å². The third kappa shape index (κ3) is 2.27. The molecule has 0 radical (unpaired) electrons. The van der Waals surface area contributed by atoms with E-state index in [1.165, 1.54) is 6.33 Å². The Labute approximate surface area is 97.6 Å². The predicted octanol–water partition coefficient (Wildman–Crippen LogP) is 1.58. The number of anilines is 1. The highest BCUT2D eigenvalue weighted by Gasteiger charge is 2.45. The monoisotopic (exact) mass is 327 g/mol. The molecule has 2 N–H and O–H groups in total. The highest BCUT2D eigenvalue weighted by Crippen LogP contribution is 2.38. The number of halogens is 3. The van der Waals surface area contributed by atoms with Crippen molar-refractivity contribution in [3.8, 4) is 0 Å². The topological polar surface area (TPSA) is 57.8 Å². The molecule has 1 saturated carbocycles. The summed E-state index contributed by atoms with van der Waals surface area (Å²) in [4.78, 5) is 17.5. The van der Waals surface area contributed by atoms with Crippen LogP contribution in [0.15, 0.2) is 11.1 Å². The first-order valence-electron chi connectivity index (χ1n) is 4.35. The molecule has 1 aliphatic rings. The van der Waals surface area contributed by atoms with Crippen molar-refractivity contribution in [3.63, 3.8) is 0 Å². The number of aromatic amines is 1. The predicted molar refractivity (Wildman–Crippen MR) is 59.2 cm³/mol. The second-order valence-corrected chi connectivity index (χ2v) is 4.58. The zero-order valence-electron chi connectivity index (χ0n) is 7.56. The Kier molecular flexibility index (Phi) is 2.65. The maximum Gasteiger partial charge on any atom is 0.266 e. The molecule has 1 fully saturated rings. The number of nitrogens with one attached hydrogen (secondary N) is 2. The maximum absolute atomic E-state index is 12.5. The fourth-order valence-electron chi connectivity index (χ4n) is 1.44. The molecule has 4 nitrogen and oxygen atoms in total. The van der Waals surface area contributed by atoms with E-state index in [1.54, 1.807) is 0 Å². The molecule has 0 unspecified atom stereocenters. The van der Waals surface area contributed by atoms with Crippen LogP contribution in [0.25, 0.3) is 0 Å². The van der Waals surface area contributed by atoms with Crippen LogP contribution in [0.3, 0.4) is 0 Å². The minimum Gasteiger partial charge on any atom is -0.366 e. The second-order valence-electron chi connectivity index (χ2n) is 3.50. The zero-order chi connectivity index (χ0) is 11.1. The fraction of sp³-hybridized carbons (Fsp3) is 0.500. The normalized spacial score (nSPS) is 19.7. The van der Waals surface area contributed by atoms with Crippen LogP contribution in [-0.2, 0) is 0 Å². The van der Waals surface area contributed by atoms with Gasteiger partial charge in [-0.25, -0.2) is 13.8 Å². The number of hydrogen-bond acceptors (Lipinski definition) is 3. The molecule has 7 heteroatoms. The van der Waals surface area contributed by atoms with Gasteiger partial charge in [-0.05, 0) is 22.6 Å². The van der Waals surface area contributed by atoms with E-state index < -0.39 is 5.92 Å². The fourth-order valence-corrected chi connectivity index (χ4v) is 1.89. The van der Waals surface area contributed by atoms with Crippen molar-refractivity contribution in [1.29, 1.82) is 0 Å². The minimum absolute atomic E-state index is 0.197. The SMILES string of the molecule is O=c1[nH]cnc(NC2CC(F)(F)C2)c1I. The molecule has 0 bridgehead atoms. The lowest BCUT2D eigenvalue weighted by atomic mass is 9.88. The maximum atomic E-state index is 12.5. The van der Waals surface area contributed by atoms with E-state index in [2.05, 4.69) is 15.3 Å². The Morgan fingerprint density at radius 1 is 1.60 bits per heavy atom. The molecule has 0 saturated heterocycles. The van der Waals surface area contributed by atoms with Crippen LogP contribution in [0.1, 0.15) is 12.8 Å². The Balaban J connectivity index is 2.07. The summed E-state index contributed by atoms with van der Waals surface area (Å²) in [7, 11) is 0. The highest BCUT2D eigenvalue weighted by atomic mass is 127. The second kappa shape index (κ2) is 3.69. The molecule has 1 aromatic heterocycles. The van der Waals surface area contributed by atoms with Gasteiger partial charge in [-0.1, -0.05) is 0 Å². The summed E-state index contributed by atoms with van der Waals surface area (Å²) < 4.78 is 25.5. The number of nitrogens with zero attached hydrogens (tertiary/aromatic N) is 1. The quantitative estimate of drug-likeness (QED) is 0.811. The number of alkyl halides is 2. The molecule has 0 aromatic carbocycles. The first kappa shape index (κ1) is 10.8. The summed E-state index contributed by atoms with van der Waals surface area (Å²) in [5.41, 5.74) is -0.265. The van der Waals surface area contributed by atoms with Crippen LogP contribution in [0.5, 0.6) is 0 Å². The van der Waals surface area contributed by atoms with Crippen LogP contribution in [0, 0.1) is 3.57 Å². The van der Waals surface area contributed by atoms with Gasteiger partial charge in [-0.3, -0.25) is 4.79 Å². The van der Waals surface area contributed by atoms with Gasteiger partial charge in [0.15, 0.2) is 0 Å². The molecular formula is C8H8F2IN3O. The molecule has 1 aromatic rings. The van der Waals surface area contributed by atoms with Crippen molar-refractivity contribution in [2.75, 3.05) is 5.32 Å². The molecule has 15 heavy (non-hydrogen) atoms. The first-order valence-corrected chi connectivity index (χ1v) is 5.43. The number of H-pyrrole nitrogens is 1. The van der Waals surface area contributed by atoms with Crippen LogP contribution in [0.2, 0.25) is 0 Å². The molecule has 1 heterocycles. The summed E-state index contributed by atoms with van der Waals surface area (Å²) in [5, 5.41) is 2.82. The third-order valence-corrected chi connectivity index (χ3v) is 3.23. The average Bonchev–Trinajstić information content (AvgIpc) is 2.10. The molecule has 0 atom stereocenters. The Bertz CT molecular complexity index is 426. The lowest BCUT2D eigenvalue weighted by Crippen LogP contribution is -2.44. The highest BCUT2D eigenvalue weighted by molar-refractivity contribution is 14.1. The number of hydrogen-bond donors (Lipinski definition) is 2. The van der Waals surface area contributed by atoms with Crippen molar-refractivity contribution in [1.82, 2.24) is 9.97 Å². The Morgan fingerprint density at radius 3 is 2.87 bits per heavy atom. The zero-order valence-corrected chi connectivity index (χ0v) is 9.72. The van der Waals surface area contributed by atoms with E-state index in [4.69, 9.17) is 0 Å². The van der Waals surface area contributed by atoms with Gasteiger partial charge in [0, 0.05) is 18.9 Å². The number of aromatic nitrogens is 2. The minimum atomic E-state index is -2.57. The van der Waals surface area contributed by atoms with Crippen molar-refractivity contribution in [2.45, 2.75) is 24.8 Å². The summed E-state index contributed by atoms with van der Waals surface area (Å²) in [6, 6.07) is -0.289. The first-order chi connectivity index (χ1) is 6.98. The summed E-state index contributed by atoms with van der Waals surface area (Å²) in [6.45, 7) is 0. The van der Waals surface area contributed by atoms with Gasteiger partial charge < -0.3 is 10.3 Å². The van der Waals surface area contributed by atoms with Crippen molar-refractivity contribution in [3.05, 3.63) is 20.3 Å². The molecular weight excluding hydrogens is 319 g/mol. The van der Waals surface area contributed by atoms with Gasteiger partial charge >= 0.3 is 0 Å². The van der Waals surface area contributed by atoms with Crippen molar-refractivity contribution in [2.24, 2.45) is 0 Å². The summed E-state index contributed by atoms with van der Waals surface area (Å²) in [6.07, 6.45) is 0.860. The summed E-state index contributed by atoms with van der Waals surface area (Å²) in [5.74, 6) is -2.19. The van der Waals surface area contributed by atoms with Crippen LogP contribution in [0.4, 0.5) is 14.6 Å². The van der Waals surface area contributed by atoms with Gasteiger partial charge in [0.1, 0.15) is 9.39 Å². The molecule has 0 amide bonds. The van der Waals surface area contributed by atoms with Gasteiger partial charge in [0.25, 0.3) is 11.5 Å². The lowest BCUT2D eigenvalue weighted by molar-refractivity contribution is -0.0794. The average molecular weight is 327 g/mol. The Hall–Kier alpha value is -0.730. The van der Waals surface area contributed by atoms with E-state index in [9.17, 15) is 13.6 Å². The van der Waals surface area contributed by atoms with Crippen molar-refractivity contribution < 1.29 is 8.78 Å². The lowest BCUT2D eigenvalue weighted by Gasteiger charge is -2.35. The van der Waals surface area contributed by atoms with Gasteiger partial charge in [0.2, 0.25) is 0 Å². The standard InChI is InChI=1S/C8H8F2IN3O/c9-8(10)1-4(2-8)14-6-5(11)7(15)13-3-12-6/h3-4H,1-2H2,(H2,12,13,14,15). The van der Waals surface area contributed by atoms with Gasteiger partial charge in [0.05, 0.1) is 6.33 Å². The van der Waals surface area contributed by atoms with Gasteiger partial charge in [-0.2, -0.15) is 0 Å². The van der Waals surface area contributed by atoms with Crippen LogP contribution in [-0.4, -0.2) is 21.9 Å². The largest absolute Gasteiger partial charge is 0.366 e. The third-order valence-electron chi connectivity index (χ3n) is 2.23. The van der Waals surface area contributed by atoms with E-state index in [0.717, 1.165) is 0 Å². The number of rotatable bonds is 2. The van der Waals surface area contributed by atoms with Crippen LogP contribution >= 0.6 is 22.6 Å². The summed E-state index contributed by atoms with van der Waals surface area (Å²) >= 11 is 1.83. The smallest absolute Gasteiger partial charge is 0.266 e. The van der Waals surface area contributed by atoms with Crippen molar-refractivity contribution >= 4 is 28.4 Å². The Morgan fingerprint density at radius 2 is 2.27 bits per heavy atom. The molecule has 0 aliphatic heterocycles. The van der Waals surface area contributed by atoms with E-state index >= 15 is 0 Å². The molecule has 1 aliphatic carbocycles. The van der Waals surface area contributed by atoms with E-state index in [0.29, 0.717) is 9.39 Å².